The lowest BCUT2D eigenvalue weighted by Gasteiger charge is -2.07. The smallest absolute Gasteiger partial charge is 0.355 e. The molecular formula is C17H11F2NO3. The average molecular weight is 315 g/mol. The number of halogens is 2. The first kappa shape index (κ1) is 14.9. The first-order valence-electron chi connectivity index (χ1n) is 6.78. The lowest BCUT2D eigenvalue weighted by atomic mass is 10.1. The second kappa shape index (κ2) is 6.00. The van der Waals surface area contributed by atoms with Crippen LogP contribution in [0, 0.1) is 11.6 Å². The summed E-state index contributed by atoms with van der Waals surface area (Å²) in [5, 5.41) is 1.03. The quantitative estimate of drug-likeness (QED) is 0.755. The number of rotatable bonds is 3. The Balaban J connectivity index is 1.84. The fourth-order valence-corrected chi connectivity index (χ4v) is 2.20. The van der Waals surface area contributed by atoms with Crippen molar-refractivity contribution in [2.45, 2.75) is 6.61 Å². The molecule has 0 radical (unpaired) electrons. The summed E-state index contributed by atoms with van der Waals surface area (Å²) in [5.74, 6) is -2.90. The third kappa shape index (κ3) is 2.96. The van der Waals surface area contributed by atoms with E-state index in [4.69, 9.17) is 4.74 Å². The molecule has 1 heterocycles. The van der Waals surface area contributed by atoms with Crippen molar-refractivity contribution in [1.82, 2.24) is 4.98 Å². The second-order valence-electron chi connectivity index (χ2n) is 4.89. The van der Waals surface area contributed by atoms with E-state index in [1.807, 2.05) is 0 Å². The van der Waals surface area contributed by atoms with Crippen molar-refractivity contribution in [3.05, 3.63) is 81.8 Å². The van der Waals surface area contributed by atoms with E-state index in [1.54, 1.807) is 24.3 Å². The maximum atomic E-state index is 13.5. The van der Waals surface area contributed by atoms with Gasteiger partial charge in [0.2, 0.25) is 0 Å². The van der Waals surface area contributed by atoms with Crippen LogP contribution in [0.4, 0.5) is 8.78 Å². The van der Waals surface area contributed by atoms with Crippen LogP contribution >= 0.6 is 0 Å². The Bertz CT molecular complexity index is 950. The lowest BCUT2D eigenvalue weighted by molar-refractivity contribution is 0.0461. The summed E-state index contributed by atoms with van der Waals surface area (Å²) < 4.78 is 31.5. The summed E-state index contributed by atoms with van der Waals surface area (Å²) in [7, 11) is 0. The van der Waals surface area contributed by atoms with Crippen LogP contribution < -0.4 is 5.56 Å². The van der Waals surface area contributed by atoms with Crippen molar-refractivity contribution >= 4 is 16.7 Å². The molecule has 0 unspecified atom stereocenters. The largest absolute Gasteiger partial charge is 0.456 e. The molecular weight excluding hydrogens is 304 g/mol. The number of H-pyrrole nitrogens is 1. The predicted octanol–water partition coefficient (Wildman–Crippen LogP) is 3.16. The Hall–Kier alpha value is -3.02. The van der Waals surface area contributed by atoms with Crippen LogP contribution in [-0.4, -0.2) is 11.0 Å². The Labute approximate surface area is 129 Å². The first-order chi connectivity index (χ1) is 11.1. The van der Waals surface area contributed by atoms with Crippen LogP contribution in [0.15, 0.2) is 53.3 Å². The van der Waals surface area contributed by atoms with Crippen molar-refractivity contribution in [2.75, 3.05) is 0 Å². The van der Waals surface area contributed by atoms with E-state index in [-0.39, 0.29) is 11.3 Å². The van der Waals surface area contributed by atoms with E-state index >= 15 is 0 Å². The minimum Gasteiger partial charge on any atom is -0.456 e. The molecule has 0 aliphatic heterocycles. The normalized spacial score (nSPS) is 10.7. The van der Waals surface area contributed by atoms with E-state index < -0.39 is 29.8 Å². The molecule has 0 bridgehead atoms. The molecule has 0 spiro atoms. The molecule has 0 atom stereocenters. The molecule has 116 valence electrons. The van der Waals surface area contributed by atoms with E-state index in [2.05, 4.69) is 4.98 Å². The van der Waals surface area contributed by atoms with Gasteiger partial charge in [0, 0.05) is 10.9 Å². The molecule has 2 aromatic carbocycles. The molecule has 1 N–H and O–H groups in total. The summed E-state index contributed by atoms with van der Waals surface area (Å²) in [4.78, 5) is 26.3. The van der Waals surface area contributed by atoms with Gasteiger partial charge in [-0.1, -0.05) is 30.3 Å². The van der Waals surface area contributed by atoms with Gasteiger partial charge in [-0.05, 0) is 23.6 Å². The minimum atomic E-state index is -1.06. The molecule has 0 saturated heterocycles. The fourth-order valence-electron chi connectivity index (χ4n) is 2.20. The van der Waals surface area contributed by atoms with E-state index in [1.165, 1.54) is 18.2 Å². The van der Waals surface area contributed by atoms with Gasteiger partial charge in [-0.25, -0.2) is 13.6 Å². The number of fused-ring (bicyclic) bond motifs is 1. The number of aromatic nitrogens is 1. The summed E-state index contributed by atoms with van der Waals surface area (Å²) in [6.45, 7) is -0.433. The molecule has 0 fully saturated rings. The Morgan fingerprint density at radius 2 is 1.87 bits per heavy atom. The van der Waals surface area contributed by atoms with Crippen LogP contribution in [0.2, 0.25) is 0 Å². The molecule has 3 aromatic rings. The third-order valence-corrected chi connectivity index (χ3v) is 3.36. The molecule has 0 aliphatic carbocycles. The topological polar surface area (TPSA) is 59.2 Å². The van der Waals surface area contributed by atoms with Crippen LogP contribution in [0.5, 0.6) is 0 Å². The average Bonchev–Trinajstić information content (AvgIpc) is 2.56. The number of hydrogen-bond acceptors (Lipinski definition) is 3. The predicted molar refractivity (Wildman–Crippen MR) is 80.0 cm³/mol. The zero-order chi connectivity index (χ0) is 16.4. The van der Waals surface area contributed by atoms with Crippen molar-refractivity contribution in [3.63, 3.8) is 0 Å². The zero-order valence-corrected chi connectivity index (χ0v) is 11.8. The van der Waals surface area contributed by atoms with Gasteiger partial charge in [0.25, 0.3) is 5.56 Å². The molecule has 6 heteroatoms. The summed E-state index contributed by atoms with van der Waals surface area (Å²) in [6.07, 6.45) is 0. The van der Waals surface area contributed by atoms with Gasteiger partial charge >= 0.3 is 5.97 Å². The van der Waals surface area contributed by atoms with Crippen LogP contribution in [-0.2, 0) is 11.3 Å². The lowest BCUT2D eigenvalue weighted by Crippen LogP contribution is -2.15. The van der Waals surface area contributed by atoms with Crippen molar-refractivity contribution in [1.29, 1.82) is 0 Å². The van der Waals surface area contributed by atoms with Crippen molar-refractivity contribution < 1.29 is 18.3 Å². The molecule has 0 aliphatic rings. The van der Waals surface area contributed by atoms with Crippen LogP contribution in [0.25, 0.3) is 10.8 Å². The number of ether oxygens (including phenoxy) is 1. The number of benzene rings is 2. The number of esters is 1. The summed E-state index contributed by atoms with van der Waals surface area (Å²) >= 11 is 0. The molecule has 0 amide bonds. The van der Waals surface area contributed by atoms with Gasteiger partial charge in [-0.3, -0.25) is 4.79 Å². The molecule has 3 rings (SSSR count). The maximum absolute atomic E-state index is 13.5. The van der Waals surface area contributed by atoms with Crippen LogP contribution in [0.3, 0.4) is 0 Å². The minimum absolute atomic E-state index is 0.0505. The number of aromatic amines is 1. The number of carbonyl (C=O) groups is 1. The fraction of sp³-hybridized carbons (Fsp3) is 0.0588. The van der Waals surface area contributed by atoms with Crippen LogP contribution in [0.1, 0.15) is 16.1 Å². The molecule has 0 saturated carbocycles. The van der Waals surface area contributed by atoms with Crippen molar-refractivity contribution in [3.8, 4) is 0 Å². The highest BCUT2D eigenvalue weighted by Gasteiger charge is 2.13. The van der Waals surface area contributed by atoms with Gasteiger partial charge in [-0.15, -0.1) is 0 Å². The van der Waals surface area contributed by atoms with Gasteiger partial charge in [0.15, 0.2) is 11.6 Å². The van der Waals surface area contributed by atoms with Gasteiger partial charge in [-0.2, -0.15) is 0 Å². The Kier molecular flexibility index (Phi) is 3.89. The zero-order valence-electron chi connectivity index (χ0n) is 11.8. The number of nitrogens with one attached hydrogen (secondary N) is 1. The van der Waals surface area contributed by atoms with Gasteiger partial charge in [0.05, 0.1) is 0 Å². The second-order valence-corrected chi connectivity index (χ2v) is 4.89. The van der Waals surface area contributed by atoms with Gasteiger partial charge in [0.1, 0.15) is 12.3 Å². The summed E-state index contributed by atoms with van der Waals surface area (Å²) in [5.41, 5.74) is -0.556. The highest BCUT2D eigenvalue weighted by Crippen LogP contribution is 2.14. The molecule has 4 nitrogen and oxygen atoms in total. The maximum Gasteiger partial charge on any atom is 0.355 e. The van der Waals surface area contributed by atoms with E-state index in [0.29, 0.717) is 10.8 Å². The summed E-state index contributed by atoms with van der Waals surface area (Å²) in [6, 6.07) is 11.8. The SMILES string of the molecule is O=C(OCc1cccc(F)c1F)c1cc2ccccc2c(=O)[nH]1. The molecule has 1 aromatic heterocycles. The highest BCUT2D eigenvalue weighted by molar-refractivity contribution is 5.92. The first-order valence-corrected chi connectivity index (χ1v) is 6.78. The Morgan fingerprint density at radius 3 is 2.70 bits per heavy atom. The number of carbonyl (C=O) groups excluding carboxylic acids is 1. The number of pyridine rings is 1. The van der Waals surface area contributed by atoms with E-state index in [9.17, 15) is 18.4 Å². The van der Waals surface area contributed by atoms with Gasteiger partial charge < -0.3 is 9.72 Å². The third-order valence-electron chi connectivity index (χ3n) is 3.36. The van der Waals surface area contributed by atoms with E-state index in [0.717, 1.165) is 6.07 Å². The van der Waals surface area contributed by atoms with Crippen molar-refractivity contribution in [2.24, 2.45) is 0 Å². The monoisotopic (exact) mass is 315 g/mol. The Morgan fingerprint density at radius 1 is 1.09 bits per heavy atom. The standard InChI is InChI=1S/C17H11F2NO3/c18-13-7-3-5-11(15(13)19)9-23-17(22)14-8-10-4-1-2-6-12(10)16(21)20-14/h1-8H,9H2,(H,20,21). The molecule has 23 heavy (non-hydrogen) atoms. The number of hydrogen-bond donors (Lipinski definition) is 1. The highest BCUT2D eigenvalue weighted by atomic mass is 19.2.